The van der Waals surface area contributed by atoms with Crippen molar-refractivity contribution in [3.63, 3.8) is 0 Å². The molecular formula is CO3Pd4. The van der Waals surface area contributed by atoms with Crippen molar-refractivity contribution in [2.24, 2.45) is 0 Å². The maximum atomic E-state index is 9.66. The maximum absolute atomic E-state index is 9.66. The summed E-state index contributed by atoms with van der Waals surface area (Å²) in [5, 5.41) is 0. The summed E-state index contributed by atoms with van der Waals surface area (Å²) in [7, 11) is 0. The predicted molar refractivity (Wildman–Crippen MR) is 7.57 cm³/mol. The van der Waals surface area contributed by atoms with Crippen molar-refractivity contribution < 1.29 is 91.7 Å². The van der Waals surface area contributed by atoms with E-state index in [4.69, 9.17) is 0 Å². The summed E-state index contributed by atoms with van der Waals surface area (Å²) in [4.78, 5) is 9.66. The Kier molecular flexibility index (Phi) is 24.1. The summed E-state index contributed by atoms with van der Waals surface area (Å²) in [6.07, 6.45) is -0.791. The summed E-state index contributed by atoms with van der Waals surface area (Å²) >= 11 is 4.29. The zero-order valence-electron chi connectivity index (χ0n) is 2.99. The van der Waals surface area contributed by atoms with Crippen molar-refractivity contribution in [1.29, 1.82) is 0 Å². The van der Waals surface area contributed by atoms with Gasteiger partial charge >= 0.3 is 57.0 Å². The fourth-order valence-corrected chi connectivity index (χ4v) is 0.292. The molecule has 0 radical (unpaired) electrons. The van der Waals surface area contributed by atoms with Gasteiger partial charge in [0.05, 0.1) is 0 Å². The molecule has 0 aromatic heterocycles. The third kappa shape index (κ3) is 10.8. The maximum Gasteiger partial charge on any atom is 0 e. The van der Waals surface area contributed by atoms with E-state index < -0.39 is 6.16 Å². The largest absolute Gasteiger partial charge is 0 e. The van der Waals surface area contributed by atoms with Gasteiger partial charge in [-0.3, -0.25) is 0 Å². The first kappa shape index (κ1) is 16.5. The van der Waals surface area contributed by atoms with E-state index in [2.05, 4.69) is 46.1 Å². The van der Waals surface area contributed by atoms with Crippen LogP contribution in [0.15, 0.2) is 0 Å². The molecule has 0 saturated heterocycles. The molecule has 0 aliphatic rings. The SMILES string of the molecule is O=C([O][Pd])[O][Pd].[Pd].[Pd]. The Morgan fingerprint density at radius 2 is 1.38 bits per heavy atom. The van der Waals surface area contributed by atoms with Gasteiger partial charge in [-0.25, -0.2) is 0 Å². The van der Waals surface area contributed by atoms with E-state index >= 15 is 0 Å². The van der Waals surface area contributed by atoms with Gasteiger partial charge < -0.3 is 0 Å². The zero-order chi connectivity index (χ0) is 4.99. The molecule has 0 aromatic carbocycles. The van der Waals surface area contributed by atoms with Crippen molar-refractivity contribution in [2.45, 2.75) is 0 Å². The molecule has 0 aliphatic carbocycles. The minimum Gasteiger partial charge on any atom is 0 e. The van der Waals surface area contributed by atoms with Crippen LogP contribution in [0.3, 0.4) is 0 Å². The average Bonchev–Trinajstić information content (AvgIpc) is 1.65. The average molecular weight is 486 g/mol. The molecule has 62 valence electrons. The van der Waals surface area contributed by atoms with Crippen LogP contribution in [-0.4, -0.2) is 6.16 Å². The third-order valence-corrected chi connectivity index (χ3v) is 0.624. The zero-order valence-corrected chi connectivity index (χ0v) is 9.21. The first-order valence-corrected chi connectivity index (χ1v) is 2.14. The van der Waals surface area contributed by atoms with E-state index in [1.54, 1.807) is 0 Å². The minimum atomic E-state index is -0.791. The molecule has 0 rings (SSSR count). The van der Waals surface area contributed by atoms with Crippen LogP contribution in [0.2, 0.25) is 0 Å². The normalized spacial score (nSPS) is 5.50. The Hall–Kier alpha value is 1.92. The number of hydrogen-bond acceptors (Lipinski definition) is 3. The standard InChI is InChI=1S/CH2O3.4Pd/c2-1(3)4;;;;/h(H2,2,3,4);;;;/q;;;2*+1/p-2. The molecule has 8 heavy (non-hydrogen) atoms. The first-order valence-electron chi connectivity index (χ1n) is 0.871. The van der Waals surface area contributed by atoms with Crippen LogP contribution >= 0.6 is 0 Å². The number of rotatable bonds is 0. The molecule has 0 amide bonds. The molecular weight excluding hydrogens is 486 g/mol. The summed E-state index contributed by atoms with van der Waals surface area (Å²) in [5.41, 5.74) is 0. The third-order valence-electron chi connectivity index (χ3n) is 0.105. The van der Waals surface area contributed by atoms with Crippen LogP contribution in [0, 0.1) is 0 Å². The van der Waals surface area contributed by atoms with Crippen molar-refractivity contribution in [1.82, 2.24) is 0 Å². The van der Waals surface area contributed by atoms with Crippen molar-refractivity contribution in [2.75, 3.05) is 0 Å². The van der Waals surface area contributed by atoms with E-state index in [0.29, 0.717) is 0 Å². The Labute approximate surface area is 96.6 Å². The number of carbonyl (C=O) groups is 1. The van der Waals surface area contributed by atoms with E-state index in [1.807, 2.05) is 0 Å². The van der Waals surface area contributed by atoms with Crippen LogP contribution in [-0.2, 0) is 86.9 Å². The van der Waals surface area contributed by atoms with Crippen molar-refractivity contribution >= 4 is 6.16 Å². The number of carbonyl (C=O) groups excluding carboxylic acids is 1. The van der Waals surface area contributed by atoms with Gasteiger partial charge in [0.25, 0.3) is 0 Å². The summed E-state index contributed by atoms with van der Waals surface area (Å²) in [5.74, 6) is 0. The molecule has 0 fully saturated rings. The van der Waals surface area contributed by atoms with Gasteiger partial charge in [-0.1, -0.05) is 0 Å². The molecule has 0 aliphatic heterocycles. The molecule has 0 saturated carbocycles. The Balaban J connectivity index is -0.000000125. The molecule has 3 nitrogen and oxygen atoms in total. The van der Waals surface area contributed by atoms with Gasteiger partial charge in [0.1, 0.15) is 0 Å². The summed E-state index contributed by atoms with van der Waals surface area (Å²) in [6.45, 7) is 0. The first-order chi connectivity index (χ1) is 2.81. The Morgan fingerprint density at radius 1 is 1.12 bits per heavy atom. The number of hydrogen-bond donors (Lipinski definition) is 0. The van der Waals surface area contributed by atoms with Crippen LogP contribution < -0.4 is 0 Å². The van der Waals surface area contributed by atoms with Gasteiger partial charge in [0.15, 0.2) is 0 Å². The van der Waals surface area contributed by atoms with Gasteiger partial charge in [-0.2, -0.15) is 0 Å². The molecule has 0 bridgehead atoms. The predicted octanol–water partition coefficient (Wildman–Crippen LogP) is 0.0582. The van der Waals surface area contributed by atoms with Gasteiger partial charge in [0, 0.05) is 40.8 Å². The van der Waals surface area contributed by atoms with E-state index in [1.165, 1.54) is 0 Å². The summed E-state index contributed by atoms with van der Waals surface area (Å²) in [6, 6.07) is 0. The second-order valence-corrected chi connectivity index (χ2v) is 1.01. The minimum absolute atomic E-state index is 0. The van der Waals surface area contributed by atoms with Crippen LogP contribution in [0.1, 0.15) is 0 Å². The molecule has 0 heterocycles. The fourth-order valence-electron chi connectivity index (χ4n) is 0.00833. The van der Waals surface area contributed by atoms with E-state index in [-0.39, 0.29) is 40.8 Å². The van der Waals surface area contributed by atoms with Gasteiger partial charge in [0.2, 0.25) is 0 Å². The molecule has 0 unspecified atom stereocenters. The molecule has 7 heteroatoms. The van der Waals surface area contributed by atoms with E-state index in [9.17, 15) is 4.79 Å². The van der Waals surface area contributed by atoms with Crippen molar-refractivity contribution in [3.05, 3.63) is 0 Å². The van der Waals surface area contributed by atoms with Crippen LogP contribution in [0.5, 0.6) is 0 Å². The molecule has 0 aromatic rings. The molecule has 0 spiro atoms. The van der Waals surface area contributed by atoms with Crippen LogP contribution in [0.25, 0.3) is 0 Å². The Morgan fingerprint density at radius 3 is 1.38 bits per heavy atom. The topological polar surface area (TPSA) is 35.5 Å². The second-order valence-electron chi connectivity index (χ2n) is 0.379. The second kappa shape index (κ2) is 11.7. The fraction of sp³-hybridized carbons (Fsp3) is 0. The molecule has 0 atom stereocenters. The Bertz CT molecular complexity index is 49.2. The van der Waals surface area contributed by atoms with Crippen molar-refractivity contribution in [3.8, 4) is 0 Å². The summed E-state index contributed by atoms with van der Waals surface area (Å²) < 4.78 is 7.70. The monoisotopic (exact) mass is 484 g/mol. The molecule has 0 N–H and O–H groups in total. The smallest absolute Gasteiger partial charge is 0 e. The quantitative estimate of drug-likeness (QED) is 0.456. The van der Waals surface area contributed by atoms with Gasteiger partial charge in [-0.05, 0) is 0 Å². The van der Waals surface area contributed by atoms with Gasteiger partial charge in [-0.15, -0.1) is 0 Å². The van der Waals surface area contributed by atoms with E-state index in [0.717, 1.165) is 0 Å². The van der Waals surface area contributed by atoms with Crippen LogP contribution in [0.4, 0.5) is 4.79 Å².